The molecule has 5 heteroatoms. The molecule has 1 aliphatic carbocycles. The van der Waals surface area contributed by atoms with Crippen LogP contribution in [0.25, 0.3) is 0 Å². The van der Waals surface area contributed by atoms with E-state index in [9.17, 15) is 5.11 Å². The number of nitrogens with zero attached hydrogens (tertiary/aromatic N) is 3. The number of rotatable bonds is 4. The van der Waals surface area contributed by atoms with Crippen molar-refractivity contribution in [1.82, 2.24) is 9.97 Å². The van der Waals surface area contributed by atoms with Gasteiger partial charge in [-0.15, -0.1) is 0 Å². The van der Waals surface area contributed by atoms with Crippen LogP contribution < -0.4 is 10.2 Å². The van der Waals surface area contributed by atoms with E-state index < -0.39 is 5.60 Å². The lowest BCUT2D eigenvalue weighted by Gasteiger charge is -2.27. The molecule has 3 rings (SSSR count). The highest BCUT2D eigenvalue weighted by Gasteiger charge is 2.28. The van der Waals surface area contributed by atoms with Gasteiger partial charge in [-0.3, -0.25) is 0 Å². The SMILES string of the molecule is OC1(CNc2nccc(N3CCCC3)n2)CCCCCC1. The molecule has 116 valence electrons. The molecule has 1 aromatic heterocycles. The van der Waals surface area contributed by atoms with E-state index in [0.717, 1.165) is 44.6 Å². The molecule has 0 spiro atoms. The lowest BCUT2D eigenvalue weighted by molar-refractivity contribution is 0.0379. The third kappa shape index (κ3) is 3.84. The van der Waals surface area contributed by atoms with Gasteiger partial charge in [0.25, 0.3) is 0 Å². The third-order valence-corrected chi connectivity index (χ3v) is 4.68. The molecule has 1 saturated heterocycles. The number of nitrogens with one attached hydrogen (secondary N) is 1. The molecule has 21 heavy (non-hydrogen) atoms. The Morgan fingerprint density at radius 1 is 1.10 bits per heavy atom. The summed E-state index contributed by atoms with van der Waals surface area (Å²) in [5.74, 6) is 1.63. The second-order valence-electron chi connectivity index (χ2n) is 6.42. The van der Waals surface area contributed by atoms with Crippen LogP contribution in [0.5, 0.6) is 0 Å². The molecule has 0 bridgehead atoms. The third-order valence-electron chi connectivity index (χ3n) is 4.68. The number of anilines is 2. The average molecular weight is 290 g/mol. The second-order valence-corrected chi connectivity index (χ2v) is 6.42. The highest BCUT2D eigenvalue weighted by atomic mass is 16.3. The average Bonchev–Trinajstić information content (AvgIpc) is 2.96. The van der Waals surface area contributed by atoms with Gasteiger partial charge in [0.15, 0.2) is 0 Å². The number of hydrogen-bond donors (Lipinski definition) is 2. The Morgan fingerprint density at radius 2 is 1.81 bits per heavy atom. The van der Waals surface area contributed by atoms with Gasteiger partial charge in [0.1, 0.15) is 5.82 Å². The molecule has 1 aromatic rings. The molecule has 2 aliphatic rings. The summed E-state index contributed by atoms with van der Waals surface area (Å²) in [7, 11) is 0. The fourth-order valence-electron chi connectivity index (χ4n) is 3.36. The smallest absolute Gasteiger partial charge is 0.224 e. The highest BCUT2D eigenvalue weighted by molar-refractivity contribution is 5.43. The predicted molar refractivity (Wildman–Crippen MR) is 84.6 cm³/mol. The van der Waals surface area contributed by atoms with Gasteiger partial charge >= 0.3 is 0 Å². The first kappa shape index (κ1) is 14.6. The summed E-state index contributed by atoms with van der Waals surface area (Å²) in [6.45, 7) is 2.72. The molecule has 1 saturated carbocycles. The fourth-order valence-corrected chi connectivity index (χ4v) is 3.36. The zero-order valence-corrected chi connectivity index (χ0v) is 12.7. The van der Waals surface area contributed by atoms with E-state index in [2.05, 4.69) is 20.2 Å². The van der Waals surface area contributed by atoms with Crippen LogP contribution in [-0.2, 0) is 0 Å². The van der Waals surface area contributed by atoms with Crippen LogP contribution >= 0.6 is 0 Å². The first-order chi connectivity index (χ1) is 10.3. The molecular formula is C16H26N4O. The minimum Gasteiger partial charge on any atom is -0.388 e. The lowest BCUT2D eigenvalue weighted by atomic mass is 9.95. The topological polar surface area (TPSA) is 61.3 Å². The van der Waals surface area contributed by atoms with Gasteiger partial charge in [-0.25, -0.2) is 4.98 Å². The molecule has 0 aromatic carbocycles. The zero-order valence-electron chi connectivity index (χ0n) is 12.7. The van der Waals surface area contributed by atoms with Crippen molar-refractivity contribution >= 4 is 11.8 Å². The maximum atomic E-state index is 10.7. The molecule has 2 N–H and O–H groups in total. The van der Waals surface area contributed by atoms with Crippen LogP contribution in [0, 0.1) is 0 Å². The monoisotopic (exact) mass is 290 g/mol. The molecule has 2 heterocycles. The Balaban J connectivity index is 1.60. The predicted octanol–water partition coefficient (Wildman–Crippen LogP) is 2.57. The molecular weight excluding hydrogens is 264 g/mol. The standard InChI is InChI=1S/C16H26N4O/c21-16(8-3-1-2-4-9-16)13-18-15-17-10-7-14(19-15)20-11-5-6-12-20/h7,10,21H,1-6,8-9,11-13H2,(H,17,18,19). The summed E-state index contributed by atoms with van der Waals surface area (Å²) < 4.78 is 0. The van der Waals surface area contributed by atoms with Crippen molar-refractivity contribution < 1.29 is 5.11 Å². The van der Waals surface area contributed by atoms with Crippen LogP contribution in [0.3, 0.4) is 0 Å². The van der Waals surface area contributed by atoms with Crippen LogP contribution in [0.4, 0.5) is 11.8 Å². The van der Waals surface area contributed by atoms with Crippen LogP contribution in [-0.4, -0.2) is 40.3 Å². The molecule has 0 unspecified atom stereocenters. The van der Waals surface area contributed by atoms with Crippen molar-refractivity contribution in [3.8, 4) is 0 Å². The maximum absolute atomic E-state index is 10.7. The van der Waals surface area contributed by atoms with Crippen molar-refractivity contribution in [3.05, 3.63) is 12.3 Å². The minimum absolute atomic E-state index is 0.552. The van der Waals surface area contributed by atoms with Crippen LogP contribution in [0.15, 0.2) is 12.3 Å². The lowest BCUT2D eigenvalue weighted by Crippen LogP contribution is -2.36. The van der Waals surface area contributed by atoms with Crippen molar-refractivity contribution in [1.29, 1.82) is 0 Å². The van der Waals surface area contributed by atoms with E-state index in [0.29, 0.717) is 12.5 Å². The van der Waals surface area contributed by atoms with Crippen LogP contribution in [0.2, 0.25) is 0 Å². The van der Waals surface area contributed by atoms with E-state index >= 15 is 0 Å². The summed E-state index contributed by atoms with van der Waals surface area (Å²) in [4.78, 5) is 11.2. The second kappa shape index (κ2) is 6.60. The van der Waals surface area contributed by atoms with Crippen molar-refractivity contribution in [2.24, 2.45) is 0 Å². The molecule has 0 radical (unpaired) electrons. The fraction of sp³-hybridized carbons (Fsp3) is 0.750. The normalized spacial score (nSPS) is 22.0. The number of hydrogen-bond acceptors (Lipinski definition) is 5. The number of aromatic nitrogens is 2. The van der Waals surface area contributed by atoms with Gasteiger partial charge in [0.2, 0.25) is 5.95 Å². The van der Waals surface area contributed by atoms with Gasteiger partial charge in [-0.2, -0.15) is 4.98 Å². The zero-order chi connectivity index (χ0) is 14.5. The number of aliphatic hydroxyl groups is 1. The summed E-state index contributed by atoms with van der Waals surface area (Å²) in [6.07, 6.45) is 10.8. The van der Waals surface area contributed by atoms with Crippen molar-refractivity contribution in [3.63, 3.8) is 0 Å². The Morgan fingerprint density at radius 3 is 2.52 bits per heavy atom. The summed E-state index contributed by atoms with van der Waals surface area (Å²) in [5, 5.41) is 13.9. The molecule has 0 atom stereocenters. The first-order valence-electron chi connectivity index (χ1n) is 8.29. The first-order valence-corrected chi connectivity index (χ1v) is 8.29. The van der Waals surface area contributed by atoms with E-state index in [1.54, 1.807) is 6.20 Å². The summed E-state index contributed by atoms with van der Waals surface area (Å²) >= 11 is 0. The van der Waals surface area contributed by atoms with E-state index in [1.165, 1.54) is 25.7 Å². The minimum atomic E-state index is -0.594. The highest BCUT2D eigenvalue weighted by Crippen LogP contribution is 2.27. The summed E-state index contributed by atoms with van der Waals surface area (Å²) in [5.41, 5.74) is -0.594. The molecule has 0 amide bonds. The Hall–Kier alpha value is -1.36. The largest absolute Gasteiger partial charge is 0.388 e. The van der Waals surface area contributed by atoms with Gasteiger partial charge < -0.3 is 15.3 Å². The van der Waals surface area contributed by atoms with E-state index in [4.69, 9.17) is 0 Å². The van der Waals surface area contributed by atoms with Crippen molar-refractivity contribution in [2.75, 3.05) is 29.9 Å². The van der Waals surface area contributed by atoms with Gasteiger partial charge in [0.05, 0.1) is 5.60 Å². The Bertz CT molecular complexity index is 451. The Kier molecular flexibility index (Phi) is 4.58. The quantitative estimate of drug-likeness (QED) is 0.835. The van der Waals surface area contributed by atoms with Gasteiger partial charge in [-0.05, 0) is 31.7 Å². The molecule has 1 aliphatic heterocycles. The molecule has 2 fully saturated rings. The Labute approximate surface area is 126 Å². The van der Waals surface area contributed by atoms with Crippen LogP contribution in [0.1, 0.15) is 51.4 Å². The van der Waals surface area contributed by atoms with Gasteiger partial charge in [-0.1, -0.05) is 25.7 Å². The van der Waals surface area contributed by atoms with E-state index in [-0.39, 0.29) is 0 Å². The maximum Gasteiger partial charge on any atom is 0.224 e. The van der Waals surface area contributed by atoms with Crippen molar-refractivity contribution in [2.45, 2.75) is 57.0 Å². The summed E-state index contributed by atoms with van der Waals surface area (Å²) in [6, 6.07) is 1.97. The van der Waals surface area contributed by atoms with E-state index in [1.807, 2.05) is 6.07 Å². The van der Waals surface area contributed by atoms with Gasteiger partial charge in [0, 0.05) is 25.8 Å². The molecule has 5 nitrogen and oxygen atoms in total.